The van der Waals surface area contributed by atoms with Crippen molar-refractivity contribution in [2.24, 2.45) is 19.8 Å². The number of nitrogens with two attached hydrogens (primary N) is 1. The first-order chi connectivity index (χ1) is 6.86. The molecule has 0 heterocycles. The fourth-order valence-corrected chi connectivity index (χ4v) is 2.76. The molecule has 0 aromatic rings. The summed E-state index contributed by atoms with van der Waals surface area (Å²) in [6.45, 7) is 9.21. The van der Waals surface area contributed by atoms with Crippen molar-refractivity contribution in [3.63, 3.8) is 0 Å². The molecule has 1 aliphatic carbocycles. The molecule has 0 aromatic carbocycles. The third-order valence-electron chi connectivity index (χ3n) is 4.16. The summed E-state index contributed by atoms with van der Waals surface area (Å²) < 4.78 is 4.36. The Balaban J connectivity index is 3.25. The van der Waals surface area contributed by atoms with Gasteiger partial charge in [-0.2, -0.15) is 0 Å². The second-order valence-corrected chi connectivity index (χ2v) is 5.96. The molecule has 1 saturated carbocycles. The van der Waals surface area contributed by atoms with E-state index in [2.05, 4.69) is 53.8 Å². The highest BCUT2D eigenvalue weighted by atomic mass is 127. The Labute approximate surface area is 107 Å². The molecule has 1 aliphatic rings. The number of hydrogen-bond donors (Lipinski definition) is 1. The fourth-order valence-electron chi connectivity index (χ4n) is 2.26. The van der Waals surface area contributed by atoms with E-state index in [-0.39, 0.29) is 10.8 Å². The minimum Gasteiger partial charge on any atom is -0.404 e. The molecule has 0 aliphatic heterocycles. The van der Waals surface area contributed by atoms with Gasteiger partial charge in [0.15, 0.2) is 0 Å². The highest BCUT2D eigenvalue weighted by molar-refractivity contribution is 14.1. The highest BCUT2D eigenvalue weighted by Crippen LogP contribution is 2.50. The first-order valence-corrected chi connectivity index (χ1v) is 6.44. The van der Waals surface area contributed by atoms with Crippen LogP contribution >= 0.6 is 22.9 Å². The molecule has 2 nitrogen and oxygen atoms in total. The first kappa shape index (κ1) is 13.0. The lowest BCUT2D eigenvalue weighted by Crippen LogP contribution is -2.35. The van der Waals surface area contributed by atoms with Crippen LogP contribution in [0.2, 0.25) is 0 Å². The third-order valence-corrected chi connectivity index (χ3v) is 4.74. The number of hydrogen-bond acceptors (Lipinski definition) is 2. The van der Waals surface area contributed by atoms with Gasteiger partial charge >= 0.3 is 0 Å². The van der Waals surface area contributed by atoms with Gasteiger partial charge in [-0.25, -0.2) is 3.21 Å². The molecule has 0 unspecified atom stereocenters. The Morgan fingerprint density at radius 1 is 1.33 bits per heavy atom. The number of rotatable bonds is 0. The van der Waals surface area contributed by atoms with Gasteiger partial charge in [-0.15, -0.1) is 0 Å². The lowest BCUT2D eigenvalue weighted by Gasteiger charge is -2.41. The van der Waals surface area contributed by atoms with Crippen LogP contribution in [0, 0.1) is 10.8 Å². The van der Waals surface area contributed by atoms with Crippen LogP contribution in [0.15, 0.2) is 15.0 Å². The standard InChI is InChI=1S/C12H21IN2/c1-11(2)7-5-6-10(15-13)9(8-14)12(11,3)4/h8H,5-7,14H2,1-4H3. The molecule has 0 spiro atoms. The molecule has 3 heteroatoms. The summed E-state index contributed by atoms with van der Waals surface area (Å²) in [4.78, 5) is 0. The largest absolute Gasteiger partial charge is 0.404 e. The van der Waals surface area contributed by atoms with Crippen LogP contribution in [0.4, 0.5) is 0 Å². The molecule has 1 rings (SSSR count). The van der Waals surface area contributed by atoms with E-state index in [1.165, 1.54) is 24.1 Å². The zero-order valence-corrected chi connectivity index (χ0v) is 12.3. The van der Waals surface area contributed by atoms with E-state index in [0.717, 1.165) is 6.42 Å². The van der Waals surface area contributed by atoms with Crippen LogP contribution in [-0.4, -0.2) is 5.71 Å². The molecule has 1 fully saturated rings. The van der Waals surface area contributed by atoms with E-state index in [4.69, 9.17) is 5.73 Å². The summed E-state index contributed by atoms with van der Waals surface area (Å²) in [6.07, 6.45) is 5.24. The summed E-state index contributed by atoms with van der Waals surface area (Å²) >= 11 is 2.08. The van der Waals surface area contributed by atoms with Crippen LogP contribution in [0.3, 0.4) is 0 Å². The van der Waals surface area contributed by atoms with E-state index in [1.807, 2.05) is 0 Å². The number of nitrogens with zero attached hydrogens (tertiary/aromatic N) is 1. The summed E-state index contributed by atoms with van der Waals surface area (Å²) in [5.41, 5.74) is 8.56. The molecule has 0 saturated heterocycles. The zero-order valence-electron chi connectivity index (χ0n) is 10.1. The van der Waals surface area contributed by atoms with Crippen LogP contribution in [-0.2, 0) is 0 Å². The Morgan fingerprint density at radius 2 is 1.93 bits per heavy atom. The van der Waals surface area contributed by atoms with Crippen LogP contribution < -0.4 is 5.73 Å². The Morgan fingerprint density at radius 3 is 2.40 bits per heavy atom. The Bertz CT molecular complexity index is 301. The average Bonchev–Trinajstić information content (AvgIpc) is 2.22. The summed E-state index contributed by atoms with van der Waals surface area (Å²) in [7, 11) is 0. The molecule has 0 amide bonds. The van der Waals surface area contributed by atoms with E-state index >= 15 is 0 Å². The number of allylic oxidation sites excluding steroid dienone is 1. The molecule has 2 N–H and O–H groups in total. The predicted octanol–water partition coefficient (Wildman–Crippen LogP) is 3.86. The predicted molar refractivity (Wildman–Crippen MR) is 75.1 cm³/mol. The van der Waals surface area contributed by atoms with Crippen molar-refractivity contribution in [3.05, 3.63) is 11.8 Å². The first-order valence-electron chi connectivity index (χ1n) is 5.47. The topological polar surface area (TPSA) is 38.4 Å². The van der Waals surface area contributed by atoms with Crippen LogP contribution in [0.25, 0.3) is 0 Å². The van der Waals surface area contributed by atoms with Crippen molar-refractivity contribution in [1.82, 2.24) is 0 Å². The van der Waals surface area contributed by atoms with Gasteiger partial charge in [0.2, 0.25) is 0 Å². The van der Waals surface area contributed by atoms with E-state index < -0.39 is 0 Å². The second-order valence-electron chi connectivity index (χ2n) is 5.47. The summed E-state index contributed by atoms with van der Waals surface area (Å²) in [5.74, 6) is 0. The van der Waals surface area contributed by atoms with Crippen LogP contribution in [0.1, 0.15) is 47.0 Å². The van der Waals surface area contributed by atoms with Crippen molar-refractivity contribution in [1.29, 1.82) is 0 Å². The highest BCUT2D eigenvalue weighted by Gasteiger charge is 2.42. The van der Waals surface area contributed by atoms with Gasteiger partial charge in [-0.1, -0.05) is 27.7 Å². The van der Waals surface area contributed by atoms with Gasteiger partial charge in [0, 0.05) is 0 Å². The van der Waals surface area contributed by atoms with Gasteiger partial charge in [-0.05, 0) is 41.9 Å². The van der Waals surface area contributed by atoms with Crippen molar-refractivity contribution in [2.45, 2.75) is 47.0 Å². The van der Waals surface area contributed by atoms with Gasteiger partial charge in [-0.3, -0.25) is 0 Å². The Hall–Kier alpha value is -0.0600. The average molecular weight is 320 g/mol. The van der Waals surface area contributed by atoms with Gasteiger partial charge < -0.3 is 5.73 Å². The molecule has 15 heavy (non-hydrogen) atoms. The third kappa shape index (κ3) is 2.22. The minimum atomic E-state index is 0.0995. The lowest BCUT2D eigenvalue weighted by molar-refractivity contribution is 0.147. The minimum absolute atomic E-state index is 0.0995. The summed E-state index contributed by atoms with van der Waals surface area (Å²) in [5, 5.41) is 0. The normalized spacial score (nSPS) is 30.5. The van der Waals surface area contributed by atoms with E-state index in [9.17, 15) is 0 Å². The fraction of sp³-hybridized carbons (Fsp3) is 0.750. The molecule has 0 aromatic heterocycles. The van der Waals surface area contributed by atoms with Gasteiger partial charge in [0.05, 0.1) is 28.6 Å². The Kier molecular flexibility index (Phi) is 3.85. The van der Waals surface area contributed by atoms with Crippen molar-refractivity contribution < 1.29 is 0 Å². The van der Waals surface area contributed by atoms with Crippen molar-refractivity contribution >= 4 is 28.6 Å². The zero-order chi connectivity index (χ0) is 11.7. The molecule has 0 bridgehead atoms. The molecular formula is C12H21IN2. The smallest absolute Gasteiger partial charge is 0.0834 e. The van der Waals surface area contributed by atoms with Crippen LogP contribution in [0.5, 0.6) is 0 Å². The molecule has 0 radical (unpaired) electrons. The number of halogens is 1. The lowest BCUT2D eigenvalue weighted by atomic mass is 9.63. The van der Waals surface area contributed by atoms with Gasteiger partial charge in [0.1, 0.15) is 0 Å². The quantitative estimate of drug-likeness (QED) is 0.534. The maximum Gasteiger partial charge on any atom is 0.0834 e. The van der Waals surface area contributed by atoms with E-state index in [0.29, 0.717) is 0 Å². The maximum atomic E-state index is 5.79. The molecule has 0 atom stereocenters. The van der Waals surface area contributed by atoms with Gasteiger partial charge in [0.25, 0.3) is 0 Å². The molecular weight excluding hydrogens is 299 g/mol. The summed E-state index contributed by atoms with van der Waals surface area (Å²) in [6, 6.07) is 0. The monoisotopic (exact) mass is 320 g/mol. The SMILES string of the molecule is CC1(C)CCCC(=NI)C(=CN)C1(C)C. The second kappa shape index (κ2) is 4.44. The van der Waals surface area contributed by atoms with E-state index in [1.54, 1.807) is 6.20 Å². The molecule has 86 valence electrons. The maximum absolute atomic E-state index is 5.79. The van der Waals surface area contributed by atoms with Crippen molar-refractivity contribution in [2.75, 3.05) is 0 Å². The van der Waals surface area contributed by atoms with Crippen molar-refractivity contribution in [3.8, 4) is 0 Å².